The van der Waals surface area contributed by atoms with Crippen LogP contribution in [0.25, 0.3) is 0 Å². The summed E-state index contributed by atoms with van der Waals surface area (Å²) < 4.78 is 0. The van der Waals surface area contributed by atoms with Gasteiger partial charge in [-0.1, -0.05) is 20.3 Å². The van der Waals surface area contributed by atoms with Crippen LogP contribution in [0.4, 0.5) is 5.69 Å². The van der Waals surface area contributed by atoms with Crippen molar-refractivity contribution in [2.75, 3.05) is 19.3 Å². The van der Waals surface area contributed by atoms with Gasteiger partial charge < -0.3 is 10.6 Å². The van der Waals surface area contributed by atoms with E-state index in [2.05, 4.69) is 13.8 Å². The van der Waals surface area contributed by atoms with Crippen LogP contribution in [-0.4, -0.2) is 24.4 Å². The van der Waals surface area contributed by atoms with Gasteiger partial charge in [0.05, 0.1) is 5.69 Å². The lowest BCUT2D eigenvalue weighted by molar-refractivity contribution is 0.0780. The number of hydrogen-bond acceptors (Lipinski definition) is 3. The Labute approximate surface area is 94.9 Å². The number of carbonyl (C=O) groups is 1. The quantitative estimate of drug-likeness (QED) is 0.857. The molecule has 84 valence electrons. The molecule has 1 amide bonds. The van der Waals surface area contributed by atoms with Gasteiger partial charge in [-0.25, -0.2) is 0 Å². The molecule has 0 bridgehead atoms. The molecule has 1 aromatic rings. The van der Waals surface area contributed by atoms with Crippen LogP contribution in [0.1, 0.15) is 29.9 Å². The van der Waals surface area contributed by atoms with Gasteiger partial charge in [-0.05, 0) is 17.4 Å². The largest absolute Gasteiger partial charge is 0.397 e. The Morgan fingerprint density at radius 1 is 1.67 bits per heavy atom. The van der Waals surface area contributed by atoms with Crippen LogP contribution in [0.15, 0.2) is 11.4 Å². The van der Waals surface area contributed by atoms with Crippen molar-refractivity contribution >= 4 is 22.9 Å². The van der Waals surface area contributed by atoms with Gasteiger partial charge in [-0.2, -0.15) is 0 Å². The smallest absolute Gasteiger partial charge is 0.265 e. The number of nitrogens with two attached hydrogens (primary N) is 1. The molecule has 0 fully saturated rings. The minimum atomic E-state index is 0.0304. The first-order chi connectivity index (χ1) is 7.06. The number of nitrogens with zero attached hydrogens (tertiary/aromatic N) is 1. The first-order valence-electron chi connectivity index (χ1n) is 5.14. The van der Waals surface area contributed by atoms with Crippen molar-refractivity contribution in [3.05, 3.63) is 16.3 Å². The van der Waals surface area contributed by atoms with Gasteiger partial charge in [0, 0.05) is 13.6 Å². The summed E-state index contributed by atoms with van der Waals surface area (Å²) in [6.45, 7) is 5.05. The second-order valence-electron chi connectivity index (χ2n) is 3.90. The predicted molar refractivity (Wildman–Crippen MR) is 65.1 cm³/mol. The predicted octanol–water partition coefficient (Wildman–Crippen LogP) is 2.45. The molecule has 1 aromatic heterocycles. The maximum absolute atomic E-state index is 11.9. The average Bonchev–Trinajstić information content (AvgIpc) is 2.63. The van der Waals surface area contributed by atoms with E-state index in [0.29, 0.717) is 16.5 Å². The van der Waals surface area contributed by atoms with Crippen LogP contribution in [0.3, 0.4) is 0 Å². The van der Waals surface area contributed by atoms with E-state index in [1.807, 2.05) is 12.4 Å². The monoisotopic (exact) mass is 226 g/mol. The SMILES string of the molecule is CCC(C)CN(C)C(=O)c1sccc1N. The normalized spacial score (nSPS) is 12.5. The molecule has 15 heavy (non-hydrogen) atoms. The summed E-state index contributed by atoms with van der Waals surface area (Å²) in [5.41, 5.74) is 6.29. The Hall–Kier alpha value is -1.03. The van der Waals surface area contributed by atoms with Crippen molar-refractivity contribution in [3.8, 4) is 0 Å². The highest BCUT2D eigenvalue weighted by molar-refractivity contribution is 7.12. The van der Waals surface area contributed by atoms with E-state index in [1.54, 1.807) is 11.0 Å². The lowest BCUT2D eigenvalue weighted by Gasteiger charge is -2.20. The number of anilines is 1. The third-order valence-electron chi connectivity index (χ3n) is 2.52. The van der Waals surface area contributed by atoms with E-state index >= 15 is 0 Å². The first-order valence-corrected chi connectivity index (χ1v) is 6.02. The fourth-order valence-corrected chi connectivity index (χ4v) is 2.16. The van der Waals surface area contributed by atoms with Crippen molar-refractivity contribution in [1.29, 1.82) is 0 Å². The Kier molecular flexibility index (Phi) is 4.15. The summed E-state index contributed by atoms with van der Waals surface area (Å²) >= 11 is 1.40. The zero-order chi connectivity index (χ0) is 11.4. The molecule has 0 saturated heterocycles. The van der Waals surface area contributed by atoms with Crippen molar-refractivity contribution in [2.24, 2.45) is 5.92 Å². The molecule has 0 aliphatic carbocycles. The number of rotatable bonds is 4. The van der Waals surface area contributed by atoms with Crippen LogP contribution in [0.2, 0.25) is 0 Å². The van der Waals surface area contributed by atoms with Crippen molar-refractivity contribution in [3.63, 3.8) is 0 Å². The summed E-state index contributed by atoms with van der Waals surface area (Å²) in [6.07, 6.45) is 1.08. The van der Waals surface area contributed by atoms with Crippen molar-refractivity contribution in [1.82, 2.24) is 4.90 Å². The summed E-state index contributed by atoms with van der Waals surface area (Å²) in [6, 6.07) is 1.77. The Balaban J connectivity index is 2.65. The van der Waals surface area contributed by atoms with Crippen LogP contribution in [-0.2, 0) is 0 Å². The number of amides is 1. The summed E-state index contributed by atoms with van der Waals surface area (Å²) in [4.78, 5) is 14.3. The zero-order valence-electron chi connectivity index (χ0n) is 9.49. The van der Waals surface area contributed by atoms with Crippen LogP contribution < -0.4 is 5.73 Å². The number of thiophene rings is 1. The summed E-state index contributed by atoms with van der Waals surface area (Å²) in [7, 11) is 1.83. The van der Waals surface area contributed by atoms with Gasteiger partial charge in [0.1, 0.15) is 4.88 Å². The molecule has 4 heteroatoms. The fourth-order valence-electron chi connectivity index (χ4n) is 1.35. The molecular formula is C11H18N2OS. The van der Waals surface area contributed by atoms with Crippen molar-refractivity contribution in [2.45, 2.75) is 20.3 Å². The molecule has 0 aliphatic heterocycles. The second kappa shape index (κ2) is 5.16. The third-order valence-corrected chi connectivity index (χ3v) is 3.44. The molecule has 0 saturated carbocycles. The highest BCUT2D eigenvalue weighted by Gasteiger charge is 2.17. The third kappa shape index (κ3) is 2.96. The summed E-state index contributed by atoms with van der Waals surface area (Å²) in [5, 5.41) is 1.85. The molecule has 0 aromatic carbocycles. The van der Waals surface area contributed by atoms with Gasteiger partial charge in [0.25, 0.3) is 5.91 Å². The van der Waals surface area contributed by atoms with Crippen LogP contribution in [0, 0.1) is 5.92 Å². The van der Waals surface area contributed by atoms with E-state index in [0.717, 1.165) is 13.0 Å². The molecule has 1 rings (SSSR count). The fraction of sp³-hybridized carbons (Fsp3) is 0.545. The maximum atomic E-state index is 11.9. The van der Waals surface area contributed by atoms with Gasteiger partial charge in [-0.15, -0.1) is 11.3 Å². The molecule has 1 unspecified atom stereocenters. The molecule has 0 aliphatic rings. The topological polar surface area (TPSA) is 46.3 Å². The number of hydrogen-bond donors (Lipinski definition) is 1. The maximum Gasteiger partial charge on any atom is 0.265 e. The minimum absolute atomic E-state index is 0.0304. The van der Waals surface area contributed by atoms with Crippen LogP contribution in [0.5, 0.6) is 0 Å². The van der Waals surface area contributed by atoms with E-state index in [4.69, 9.17) is 5.73 Å². The number of nitrogen functional groups attached to an aromatic ring is 1. The average molecular weight is 226 g/mol. The summed E-state index contributed by atoms with van der Waals surface area (Å²) in [5.74, 6) is 0.558. The van der Waals surface area contributed by atoms with E-state index in [9.17, 15) is 4.79 Å². The minimum Gasteiger partial charge on any atom is -0.397 e. The molecule has 1 atom stereocenters. The lowest BCUT2D eigenvalue weighted by Crippen LogP contribution is -2.30. The van der Waals surface area contributed by atoms with E-state index in [1.165, 1.54) is 11.3 Å². The second-order valence-corrected chi connectivity index (χ2v) is 4.82. The molecular weight excluding hydrogens is 208 g/mol. The highest BCUT2D eigenvalue weighted by Crippen LogP contribution is 2.20. The van der Waals surface area contributed by atoms with Gasteiger partial charge in [0.2, 0.25) is 0 Å². The van der Waals surface area contributed by atoms with Gasteiger partial charge in [-0.3, -0.25) is 4.79 Å². The van der Waals surface area contributed by atoms with Gasteiger partial charge in [0.15, 0.2) is 0 Å². The standard InChI is InChI=1S/C11H18N2OS/c1-4-8(2)7-13(3)11(14)10-9(12)5-6-15-10/h5-6,8H,4,7,12H2,1-3H3. The van der Waals surface area contributed by atoms with Crippen molar-refractivity contribution < 1.29 is 4.79 Å². The molecule has 1 heterocycles. The molecule has 3 nitrogen and oxygen atoms in total. The first kappa shape index (κ1) is 12.0. The Morgan fingerprint density at radius 2 is 2.33 bits per heavy atom. The highest BCUT2D eigenvalue weighted by atomic mass is 32.1. The molecule has 0 spiro atoms. The van der Waals surface area contributed by atoms with E-state index in [-0.39, 0.29) is 5.91 Å². The number of carbonyl (C=O) groups excluding carboxylic acids is 1. The van der Waals surface area contributed by atoms with Crippen LogP contribution >= 0.6 is 11.3 Å². The lowest BCUT2D eigenvalue weighted by atomic mass is 10.1. The zero-order valence-corrected chi connectivity index (χ0v) is 10.3. The Bertz CT molecular complexity index is 335. The van der Waals surface area contributed by atoms with E-state index < -0.39 is 0 Å². The van der Waals surface area contributed by atoms with Gasteiger partial charge >= 0.3 is 0 Å². The molecule has 0 radical (unpaired) electrons. The molecule has 2 N–H and O–H groups in total. The Morgan fingerprint density at radius 3 is 2.80 bits per heavy atom.